The van der Waals surface area contributed by atoms with E-state index in [1.165, 1.54) is 28.9 Å². The number of rotatable bonds is 4. The summed E-state index contributed by atoms with van der Waals surface area (Å²) >= 11 is 3.33. The topological polar surface area (TPSA) is 60.9 Å². The van der Waals surface area contributed by atoms with E-state index in [0.29, 0.717) is 16.7 Å². The maximum Gasteiger partial charge on any atom is 0.407 e. The van der Waals surface area contributed by atoms with Crippen LogP contribution in [0, 0.1) is 11.7 Å². The van der Waals surface area contributed by atoms with Crippen LogP contribution >= 0.6 is 15.9 Å². The minimum atomic E-state index is -0.940. The average Bonchev–Trinajstić information content (AvgIpc) is 2.87. The second-order valence-electron chi connectivity index (χ2n) is 5.89. The number of carbonyl (C=O) groups excluding carboxylic acids is 1. The number of nitrogens with zero attached hydrogens (tertiary/aromatic N) is 2. The molecule has 1 aromatic rings. The van der Waals surface area contributed by atoms with Gasteiger partial charge in [0, 0.05) is 24.5 Å². The van der Waals surface area contributed by atoms with Crippen LogP contribution < -0.4 is 4.90 Å². The van der Waals surface area contributed by atoms with Crippen LogP contribution in [0.2, 0.25) is 0 Å². The van der Waals surface area contributed by atoms with Crippen LogP contribution in [0.4, 0.5) is 14.9 Å². The van der Waals surface area contributed by atoms with Crippen LogP contribution in [0.5, 0.6) is 0 Å². The van der Waals surface area contributed by atoms with Gasteiger partial charge in [0.15, 0.2) is 0 Å². The zero-order chi connectivity index (χ0) is 17.9. The fraction of sp³-hybridized carbons (Fsp3) is 0.412. The summed E-state index contributed by atoms with van der Waals surface area (Å²) in [6.45, 7) is 4.17. The van der Waals surface area contributed by atoms with Gasteiger partial charge in [-0.1, -0.05) is 19.1 Å². The van der Waals surface area contributed by atoms with Crippen LogP contribution in [0.3, 0.4) is 0 Å². The molecule has 1 aliphatic rings. The first-order chi connectivity index (χ1) is 11.3. The lowest BCUT2D eigenvalue weighted by Gasteiger charge is -2.23. The Morgan fingerprint density at radius 1 is 1.50 bits per heavy atom. The molecule has 0 aromatic heterocycles. The van der Waals surface area contributed by atoms with E-state index in [1.807, 2.05) is 13.0 Å². The second-order valence-corrected chi connectivity index (χ2v) is 6.74. The summed E-state index contributed by atoms with van der Waals surface area (Å²) in [5, 5.41) is 9.22. The molecule has 5 nitrogen and oxygen atoms in total. The highest BCUT2D eigenvalue weighted by Crippen LogP contribution is 2.28. The van der Waals surface area contributed by atoms with Gasteiger partial charge in [0.2, 0.25) is 5.91 Å². The molecule has 1 N–H and O–H groups in total. The van der Waals surface area contributed by atoms with E-state index in [0.717, 1.165) is 6.42 Å². The minimum Gasteiger partial charge on any atom is -0.465 e. The van der Waals surface area contributed by atoms with E-state index >= 15 is 0 Å². The lowest BCUT2D eigenvalue weighted by atomic mass is 10.0. The van der Waals surface area contributed by atoms with Crippen molar-refractivity contribution in [1.29, 1.82) is 0 Å². The van der Waals surface area contributed by atoms with Crippen molar-refractivity contribution in [2.45, 2.75) is 26.3 Å². The Hall–Kier alpha value is -1.89. The summed E-state index contributed by atoms with van der Waals surface area (Å²) in [5.74, 6) is -0.422. The molecule has 0 saturated carbocycles. The molecular formula is C17H20BrFN2O3. The third-order valence-corrected chi connectivity index (χ3v) is 4.88. The Morgan fingerprint density at radius 3 is 2.83 bits per heavy atom. The van der Waals surface area contributed by atoms with Crippen LogP contribution in [0.25, 0.3) is 0 Å². The van der Waals surface area contributed by atoms with Gasteiger partial charge in [0.05, 0.1) is 11.7 Å². The predicted molar refractivity (Wildman–Crippen MR) is 93.6 cm³/mol. The molecule has 0 bridgehead atoms. The summed E-state index contributed by atoms with van der Waals surface area (Å²) in [6, 6.07) is 3.95. The number of likely N-dealkylation sites (tertiary alicyclic amines) is 1. The molecule has 1 heterocycles. The van der Waals surface area contributed by atoms with E-state index in [-0.39, 0.29) is 24.4 Å². The van der Waals surface area contributed by atoms with E-state index < -0.39 is 11.9 Å². The van der Waals surface area contributed by atoms with Gasteiger partial charge in [-0.15, -0.1) is 0 Å². The number of halogens is 2. The van der Waals surface area contributed by atoms with Crippen molar-refractivity contribution in [3.8, 4) is 0 Å². The maximum atomic E-state index is 13.5. The minimum absolute atomic E-state index is 0.202. The van der Waals surface area contributed by atoms with Gasteiger partial charge in [0.25, 0.3) is 0 Å². The van der Waals surface area contributed by atoms with Crippen molar-refractivity contribution in [2.75, 3.05) is 18.0 Å². The van der Waals surface area contributed by atoms with Gasteiger partial charge in [-0.3, -0.25) is 4.79 Å². The highest BCUT2D eigenvalue weighted by atomic mass is 79.9. The molecule has 2 atom stereocenters. The molecule has 0 aliphatic carbocycles. The highest BCUT2D eigenvalue weighted by molar-refractivity contribution is 9.10. The molecule has 0 radical (unpaired) electrons. The lowest BCUT2D eigenvalue weighted by Crippen LogP contribution is -2.35. The van der Waals surface area contributed by atoms with Crippen molar-refractivity contribution in [1.82, 2.24) is 4.90 Å². The molecule has 1 saturated heterocycles. The first-order valence-electron chi connectivity index (χ1n) is 7.70. The monoisotopic (exact) mass is 398 g/mol. The largest absolute Gasteiger partial charge is 0.465 e. The Bertz CT molecular complexity index is 665. The normalized spacial score (nSPS) is 20.6. The molecule has 7 heteroatoms. The first-order valence-corrected chi connectivity index (χ1v) is 8.50. The molecule has 1 aromatic carbocycles. The SMILES string of the molecule is CC(=O)N(CC=CC1C(C)CCN1C(=O)O)c1cc(F)ccc1Br. The van der Waals surface area contributed by atoms with E-state index in [4.69, 9.17) is 0 Å². The number of carbonyl (C=O) groups is 2. The van der Waals surface area contributed by atoms with Crippen LogP contribution in [0.15, 0.2) is 34.8 Å². The zero-order valence-electron chi connectivity index (χ0n) is 13.6. The molecule has 130 valence electrons. The molecule has 2 rings (SSSR count). The number of carboxylic acid groups (broad SMARTS) is 1. The van der Waals surface area contributed by atoms with Gasteiger partial charge in [-0.2, -0.15) is 0 Å². The van der Waals surface area contributed by atoms with Crippen molar-refractivity contribution < 1.29 is 19.1 Å². The fourth-order valence-corrected chi connectivity index (χ4v) is 3.34. The van der Waals surface area contributed by atoms with Crippen molar-refractivity contribution in [2.24, 2.45) is 5.92 Å². The van der Waals surface area contributed by atoms with Crippen molar-refractivity contribution in [3.05, 3.63) is 40.6 Å². The lowest BCUT2D eigenvalue weighted by molar-refractivity contribution is -0.116. The summed E-state index contributed by atoms with van der Waals surface area (Å²) in [6.07, 6.45) is 3.45. The number of benzene rings is 1. The summed E-state index contributed by atoms with van der Waals surface area (Å²) < 4.78 is 14.1. The maximum absolute atomic E-state index is 13.5. The molecule has 2 unspecified atom stereocenters. The highest BCUT2D eigenvalue weighted by Gasteiger charge is 2.32. The molecule has 1 aliphatic heterocycles. The summed E-state index contributed by atoms with van der Waals surface area (Å²) in [7, 11) is 0. The third-order valence-electron chi connectivity index (χ3n) is 4.21. The number of hydrogen-bond acceptors (Lipinski definition) is 2. The molecule has 1 fully saturated rings. The third kappa shape index (κ3) is 4.14. The second kappa shape index (κ2) is 7.79. The van der Waals surface area contributed by atoms with E-state index in [2.05, 4.69) is 15.9 Å². The zero-order valence-corrected chi connectivity index (χ0v) is 15.2. The molecule has 2 amide bonds. The first kappa shape index (κ1) is 18.4. The number of amides is 2. The van der Waals surface area contributed by atoms with Crippen molar-refractivity contribution >= 4 is 33.6 Å². The smallest absolute Gasteiger partial charge is 0.407 e. The van der Waals surface area contributed by atoms with E-state index in [9.17, 15) is 19.1 Å². The Morgan fingerprint density at radius 2 is 2.21 bits per heavy atom. The molecule has 0 spiro atoms. The average molecular weight is 399 g/mol. The van der Waals surface area contributed by atoms with Crippen LogP contribution in [-0.4, -0.2) is 41.1 Å². The molecular weight excluding hydrogens is 379 g/mol. The Kier molecular flexibility index (Phi) is 5.99. The van der Waals surface area contributed by atoms with Gasteiger partial charge in [-0.25, -0.2) is 9.18 Å². The van der Waals surface area contributed by atoms with Gasteiger partial charge in [-0.05, 0) is 46.5 Å². The summed E-state index contributed by atoms with van der Waals surface area (Å²) in [5.41, 5.74) is 0.446. The fourth-order valence-electron chi connectivity index (χ4n) is 2.88. The van der Waals surface area contributed by atoms with Gasteiger partial charge >= 0.3 is 6.09 Å². The Labute approximate surface area is 148 Å². The van der Waals surface area contributed by atoms with Crippen molar-refractivity contribution in [3.63, 3.8) is 0 Å². The molecule has 24 heavy (non-hydrogen) atoms. The van der Waals surface area contributed by atoms with E-state index in [1.54, 1.807) is 12.1 Å². The van der Waals surface area contributed by atoms with Gasteiger partial charge in [0.1, 0.15) is 5.82 Å². The summed E-state index contributed by atoms with van der Waals surface area (Å²) in [4.78, 5) is 26.0. The van der Waals surface area contributed by atoms with Crippen LogP contribution in [0.1, 0.15) is 20.3 Å². The Balaban J connectivity index is 2.16. The van der Waals surface area contributed by atoms with Gasteiger partial charge < -0.3 is 14.9 Å². The predicted octanol–water partition coefficient (Wildman–Crippen LogP) is 3.89. The van der Waals surface area contributed by atoms with Crippen LogP contribution in [-0.2, 0) is 4.79 Å². The quantitative estimate of drug-likeness (QED) is 0.782. The number of hydrogen-bond donors (Lipinski definition) is 1. The number of anilines is 1. The standard InChI is InChI=1S/C17H20BrFN2O3/c1-11-7-9-21(17(23)24)15(11)4-3-8-20(12(2)22)16-10-13(19)5-6-14(16)18/h3-6,10-11,15H,7-9H2,1-2H3,(H,23,24).